The number of rotatable bonds is 2. The van der Waals surface area contributed by atoms with Crippen LogP contribution in [0.25, 0.3) is 0 Å². The van der Waals surface area contributed by atoms with Gasteiger partial charge in [0, 0.05) is 18.8 Å². The van der Waals surface area contributed by atoms with Crippen molar-refractivity contribution in [3.8, 4) is 0 Å². The number of aryl methyl sites for hydroxylation is 1. The van der Waals surface area contributed by atoms with Crippen LogP contribution >= 0.6 is 0 Å². The average Bonchev–Trinajstić information content (AvgIpc) is 2.38. The van der Waals surface area contributed by atoms with Crippen molar-refractivity contribution in [3.05, 3.63) is 29.3 Å². The van der Waals surface area contributed by atoms with E-state index in [2.05, 4.69) is 5.32 Å². The normalized spacial score (nSPS) is 17.4. The van der Waals surface area contributed by atoms with Gasteiger partial charge in [0.15, 0.2) is 0 Å². The van der Waals surface area contributed by atoms with E-state index in [4.69, 9.17) is 5.11 Å². The van der Waals surface area contributed by atoms with Crippen molar-refractivity contribution in [1.82, 2.24) is 4.90 Å². The fourth-order valence-electron chi connectivity index (χ4n) is 2.38. The lowest BCUT2D eigenvalue weighted by molar-refractivity contribution is 0.00569. The fourth-order valence-corrected chi connectivity index (χ4v) is 2.38. The molecule has 3 N–H and O–H groups in total. The van der Waals surface area contributed by atoms with Crippen LogP contribution < -0.4 is 5.32 Å². The number of carboxylic acid groups (broad SMARTS) is 1. The van der Waals surface area contributed by atoms with E-state index in [1.165, 1.54) is 6.07 Å². The molecule has 0 saturated carbocycles. The van der Waals surface area contributed by atoms with E-state index >= 15 is 0 Å². The summed E-state index contributed by atoms with van der Waals surface area (Å²) in [5.41, 5.74) is 0.694. The summed E-state index contributed by atoms with van der Waals surface area (Å²) >= 11 is 0. The number of carbonyl (C=O) groups excluding carboxylic acids is 1. The van der Waals surface area contributed by atoms with Gasteiger partial charge >= 0.3 is 12.0 Å². The second-order valence-corrected chi connectivity index (χ2v) is 5.75. The SMILES string of the molecule is Cc1cc(NC(=O)N2CCC(C)(O)CC2)ccc1C(=O)O. The fraction of sp³-hybridized carbons (Fsp3) is 0.467. The van der Waals surface area contributed by atoms with Crippen molar-refractivity contribution in [2.24, 2.45) is 0 Å². The van der Waals surface area contributed by atoms with Crippen LogP contribution in [0.15, 0.2) is 18.2 Å². The predicted octanol–water partition coefficient (Wildman–Crippen LogP) is 2.07. The summed E-state index contributed by atoms with van der Waals surface area (Å²) in [6, 6.07) is 4.47. The number of aromatic carboxylic acids is 1. The Kier molecular flexibility index (Phi) is 4.18. The third-order valence-corrected chi connectivity index (χ3v) is 3.84. The van der Waals surface area contributed by atoms with Crippen LogP contribution in [0.2, 0.25) is 0 Å². The van der Waals surface area contributed by atoms with Crippen LogP contribution in [0, 0.1) is 6.92 Å². The molecule has 1 fully saturated rings. The van der Waals surface area contributed by atoms with Crippen molar-refractivity contribution >= 4 is 17.7 Å². The summed E-state index contributed by atoms with van der Waals surface area (Å²) in [6.45, 7) is 4.48. The van der Waals surface area contributed by atoms with Gasteiger partial charge in [0.25, 0.3) is 0 Å². The smallest absolute Gasteiger partial charge is 0.335 e. The first-order valence-electron chi connectivity index (χ1n) is 6.91. The second-order valence-electron chi connectivity index (χ2n) is 5.75. The number of benzene rings is 1. The number of hydrogen-bond acceptors (Lipinski definition) is 3. The highest BCUT2D eigenvalue weighted by Gasteiger charge is 2.29. The molecule has 0 bridgehead atoms. The molecule has 1 aromatic carbocycles. The van der Waals surface area contributed by atoms with Crippen LogP contribution in [0.4, 0.5) is 10.5 Å². The molecule has 1 heterocycles. The van der Waals surface area contributed by atoms with Gasteiger partial charge in [-0.1, -0.05) is 0 Å². The van der Waals surface area contributed by atoms with Crippen molar-refractivity contribution < 1.29 is 19.8 Å². The molecule has 0 spiro atoms. The topological polar surface area (TPSA) is 89.9 Å². The van der Waals surface area contributed by atoms with Crippen LogP contribution in [0.5, 0.6) is 0 Å². The van der Waals surface area contributed by atoms with E-state index in [1.807, 2.05) is 0 Å². The van der Waals surface area contributed by atoms with Gasteiger partial charge in [0.05, 0.1) is 11.2 Å². The van der Waals surface area contributed by atoms with Gasteiger partial charge in [0.2, 0.25) is 0 Å². The lowest BCUT2D eigenvalue weighted by Gasteiger charge is -2.35. The number of amides is 2. The van der Waals surface area contributed by atoms with Crippen LogP contribution in [-0.2, 0) is 0 Å². The number of anilines is 1. The first kappa shape index (κ1) is 15.3. The monoisotopic (exact) mass is 292 g/mol. The summed E-state index contributed by atoms with van der Waals surface area (Å²) in [6.07, 6.45) is 1.11. The molecule has 21 heavy (non-hydrogen) atoms. The number of carbonyl (C=O) groups is 2. The molecule has 1 aliphatic heterocycles. The summed E-state index contributed by atoms with van der Waals surface area (Å²) in [4.78, 5) is 24.7. The molecule has 1 saturated heterocycles. The second kappa shape index (κ2) is 5.73. The molecule has 0 aromatic heterocycles. The van der Waals surface area contributed by atoms with E-state index in [-0.39, 0.29) is 11.6 Å². The maximum Gasteiger partial charge on any atom is 0.335 e. The van der Waals surface area contributed by atoms with Crippen LogP contribution in [0.1, 0.15) is 35.7 Å². The molecule has 0 radical (unpaired) electrons. The van der Waals surface area contributed by atoms with Crippen molar-refractivity contribution in [1.29, 1.82) is 0 Å². The molecule has 0 unspecified atom stereocenters. The van der Waals surface area contributed by atoms with Gasteiger partial charge in [-0.2, -0.15) is 0 Å². The Hall–Kier alpha value is -2.08. The van der Waals surface area contributed by atoms with E-state index < -0.39 is 11.6 Å². The summed E-state index contributed by atoms with van der Waals surface area (Å²) in [5.74, 6) is -0.983. The number of carboxylic acids is 1. The maximum atomic E-state index is 12.1. The minimum atomic E-state index is -0.983. The molecule has 2 amide bonds. The predicted molar refractivity (Wildman–Crippen MR) is 78.6 cm³/mol. The average molecular weight is 292 g/mol. The lowest BCUT2D eigenvalue weighted by Crippen LogP contribution is -2.46. The Bertz CT molecular complexity index is 559. The maximum absolute atomic E-state index is 12.1. The molecule has 6 nitrogen and oxygen atoms in total. The zero-order valence-corrected chi connectivity index (χ0v) is 12.2. The molecule has 2 rings (SSSR count). The molecular weight excluding hydrogens is 272 g/mol. The molecular formula is C15H20N2O4. The molecule has 0 aliphatic carbocycles. The number of piperidine rings is 1. The van der Waals surface area contributed by atoms with Gasteiger partial charge in [-0.3, -0.25) is 0 Å². The third kappa shape index (κ3) is 3.72. The Morgan fingerprint density at radius 1 is 1.29 bits per heavy atom. The van der Waals surface area contributed by atoms with E-state index in [9.17, 15) is 14.7 Å². The van der Waals surface area contributed by atoms with Gasteiger partial charge in [0.1, 0.15) is 0 Å². The van der Waals surface area contributed by atoms with Gasteiger partial charge in [-0.25, -0.2) is 9.59 Å². The van der Waals surface area contributed by atoms with E-state index in [0.717, 1.165) is 0 Å². The molecule has 1 aromatic rings. The summed E-state index contributed by atoms with van der Waals surface area (Å²) in [5, 5.41) is 21.6. The first-order valence-corrected chi connectivity index (χ1v) is 6.91. The first-order chi connectivity index (χ1) is 9.78. The highest BCUT2D eigenvalue weighted by molar-refractivity contribution is 5.92. The minimum absolute atomic E-state index is 0.224. The molecule has 114 valence electrons. The molecule has 6 heteroatoms. The lowest BCUT2D eigenvalue weighted by atomic mass is 9.94. The van der Waals surface area contributed by atoms with Gasteiger partial charge < -0.3 is 20.4 Å². The van der Waals surface area contributed by atoms with Gasteiger partial charge in [-0.15, -0.1) is 0 Å². The number of urea groups is 1. The third-order valence-electron chi connectivity index (χ3n) is 3.84. The summed E-state index contributed by atoms with van der Waals surface area (Å²) in [7, 11) is 0. The van der Waals surface area contributed by atoms with E-state index in [0.29, 0.717) is 37.2 Å². The Labute approximate surface area is 123 Å². The van der Waals surface area contributed by atoms with Crippen molar-refractivity contribution in [3.63, 3.8) is 0 Å². The number of hydrogen-bond donors (Lipinski definition) is 3. The number of nitrogens with one attached hydrogen (secondary N) is 1. The Morgan fingerprint density at radius 2 is 1.90 bits per heavy atom. The highest BCUT2D eigenvalue weighted by Crippen LogP contribution is 2.22. The van der Waals surface area contributed by atoms with Gasteiger partial charge in [-0.05, 0) is 50.5 Å². The largest absolute Gasteiger partial charge is 0.478 e. The highest BCUT2D eigenvalue weighted by atomic mass is 16.4. The number of aliphatic hydroxyl groups is 1. The van der Waals surface area contributed by atoms with E-state index in [1.54, 1.807) is 30.9 Å². The summed E-state index contributed by atoms with van der Waals surface area (Å²) < 4.78 is 0. The minimum Gasteiger partial charge on any atom is -0.478 e. The quantitative estimate of drug-likeness (QED) is 0.778. The number of nitrogens with zero attached hydrogens (tertiary/aromatic N) is 1. The van der Waals surface area contributed by atoms with Crippen molar-refractivity contribution in [2.75, 3.05) is 18.4 Å². The zero-order valence-electron chi connectivity index (χ0n) is 12.2. The molecule has 0 atom stereocenters. The van der Waals surface area contributed by atoms with Crippen molar-refractivity contribution in [2.45, 2.75) is 32.3 Å². The van der Waals surface area contributed by atoms with Crippen LogP contribution in [-0.4, -0.2) is 45.8 Å². The zero-order chi connectivity index (χ0) is 15.6. The Balaban J connectivity index is 2.00. The van der Waals surface area contributed by atoms with Crippen LogP contribution in [0.3, 0.4) is 0 Å². The standard InChI is InChI=1S/C15H20N2O4/c1-10-9-11(3-4-12(10)13(18)19)16-14(20)17-7-5-15(2,21)6-8-17/h3-4,9,21H,5-8H2,1-2H3,(H,16,20)(H,18,19). The molecule has 1 aliphatic rings. The number of likely N-dealkylation sites (tertiary alicyclic amines) is 1. The Morgan fingerprint density at radius 3 is 2.43 bits per heavy atom.